The standard InChI is InChI=1S/C27H30N4O4/c1-16(2)14-31-24(27(33)34-5)23(30-26(32)20-8-9-35-15-20)22-11-21(13-29-25(22)31)28-12-19-7-6-17(3)10-18(19)4/h6-11,13,15-16,28H,12,14H2,1-5H3,(H,30,32). The monoisotopic (exact) mass is 474 g/mol. The zero-order valence-electron chi connectivity index (χ0n) is 20.6. The molecule has 0 unspecified atom stereocenters. The van der Waals surface area contributed by atoms with Crippen molar-refractivity contribution in [3.8, 4) is 0 Å². The minimum absolute atomic E-state index is 0.232. The first-order valence-electron chi connectivity index (χ1n) is 11.5. The van der Waals surface area contributed by atoms with E-state index >= 15 is 0 Å². The molecule has 3 heterocycles. The van der Waals surface area contributed by atoms with E-state index in [-0.39, 0.29) is 17.5 Å². The lowest BCUT2D eigenvalue weighted by atomic mass is 10.1. The number of methoxy groups -OCH3 is 1. The Labute approximate surface area is 204 Å². The summed E-state index contributed by atoms with van der Waals surface area (Å²) in [4.78, 5) is 30.5. The van der Waals surface area contributed by atoms with Crippen molar-refractivity contribution in [2.45, 2.75) is 40.8 Å². The Kier molecular flexibility index (Phi) is 6.91. The largest absolute Gasteiger partial charge is 0.472 e. The highest BCUT2D eigenvalue weighted by molar-refractivity contribution is 6.14. The summed E-state index contributed by atoms with van der Waals surface area (Å²) < 4.78 is 11.9. The number of carbonyl (C=O) groups excluding carboxylic acids is 2. The second-order valence-corrected chi connectivity index (χ2v) is 9.06. The number of carbonyl (C=O) groups is 2. The van der Waals surface area contributed by atoms with E-state index < -0.39 is 5.97 Å². The van der Waals surface area contributed by atoms with Gasteiger partial charge in [-0.25, -0.2) is 9.78 Å². The summed E-state index contributed by atoms with van der Waals surface area (Å²) in [6, 6.07) is 9.81. The van der Waals surface area contributed by atoms with E-state index in [0.717, 1.165) is 5.69 Å². The number of nitrogens with zero attached hydrogens (tertiary/aromatic N) is 2. The molecule has 8 nitrogen and oxygen atoms in total. The molecule has 0 fully saturated rings. The molecule has 35 heavy (non-hydrogen) atoms. The van der Waals surface area contributed by atoms with Crippen LogP contribution in [-0.2, 0) is 17.8 Å². The molecule has 0 aliphatic heterocycles. The van der Waals surface area contributed by atoms with Gasteiger partial charge in [0.15, 0.2) is 5.69 Å². The minimum Gasteiger partial charge on any atom is -0.472 e. The third-order valence-corrected chi connectivity index (χ3v) is 5.83. The fraction of sp³-hybridized carbons (Fsp3) is 0.296. The highest BCUT2D eigenvalue weighted by atomic mass is 16.5. The van der Waals surface area contributed by atoms with E-state index in [2.05, 4.69) is 61.5 Å². The Bertz CT molecular complexity index is 1370. The van der Waals surface area contributed by atoms with Crippen LogP contribution in [0.1, 0.15) is 51.4 Å². The number of pyridine rings is 1. The molecule has 0 aliphatic carbocycles. The number of aromatic nitrogens is 2. The van der Waals surface area contributed by atoms with Crippen LogP contribution in [0.3, 0.4) is 0 Å². The number of nitrogens with one attached hydrogen (secondary N) is 2. The van der Waals surface area contributed by atoms with Crippen LogP contribution in [0.25, 0.3) is 11.0 Å². The zero-order valence-corrected chi connectivity index (χ0v) is 20.6. The molecule has 1 amide bonds. The molecule has 4 aromatic rings. The van der Waals surface area contributed by atoms with E-state index in [1.165, 1.54) is 36.3 Å². The molecule has 0 saturated carbocycles. The lowest BCUT2D eigenvalue weighted by Crippen LogP contribution is -2.18. The number of furan rings is 1. The van der Waals surface area contributed by atoms with Gasteiger partial charge in [-0.15, -0.1) is 0 Å². The summed E-state index contributed by atoms with van der Waals surface area (Å²) in [5.41, 5.74) is 5.94. The maximum Gasteiger partial charge on any atom is 0.356 e. The van der Waals surface area contributed by atoms with Crippen molar-refractivity contribution < 1.29 is 18.7 Å². The second kappa shape index (κ2) is 10.0. The highest BCUT2D eigenvalue weighted by Gasteiger charge is 2.27. The number of aryl methyl sites for hydroxylation is 2. The number of anilines is 2. The minimum atomic E-state index is -0.545. The average molecular weight is 475 g/mol. The van der Waals surface area contributed by atoms with E-state index in [0.29, 0.717) is 35.4 Å². The van der Waals surface area contributed by atoms with Gasteiger partial charge in [0.1, 0.15) is 11.9 Å². The average Bonchev–Trinajstić information content (AvgIpc) is 3.45. The van der Waals surface area contributed by atoms with Crippen molar-refractivity contribution in [1.29, 1.82) is 0 Å². The fourth-order valence-corrected chi connectivity index (χ4v) is 4.12. The third kappa shape index (κ3) is 5.06. The topological polar surface area (TPSA) is 98.4 Å². The number of ether oxygens (including phenoxy) is 1. The van der Waals surface area contributed by atoms with E-state index in [9.17, 15) is 9.59 Å². The molecule has 0 spiro atoms. The molecule has 3 aromatic heterocycles. The first-order valence-corrected chi connectivity index (χ1v) is 11.5. The molecular weight excluding hydrogens is 444 g/mol. The van der Waals surface area contributed by atoms with Crippen LogP contribution in [0.4, 0.5) is 11.4 Å². The first-order chi connectivity index (χ1) is 16.8. The lowest BCUT2D eigenvalue weighted by Gasteiger charge is -2.12. The summed E-state index contributed by atoms with van der Waals surface area (Å²) in [6.45, 7) is 9.41. The van der Waals surface area contributed by atoms with Gasteiger partial charge in [0.25, 0.3) is 5.91 Å². The predicted octanol–water partition coefficient (Wildman–Crippen LogP) is 5.55. The lowest BCUT2D eigenvalue weighted by molar-refractivity contribution is 0.0589. The maximum absolute atomic E-state index is 12.9. The predicted molar refractivity (Wildman–Crippen MR) is 136 cm³/mol. The number of rotatable bonds is 8. The van der Waals surface area contributed by atoms with Gasteiger partial charge in [0.05, 0.1) is 36.5 Å². The van der Waals surface area contributed by atoms with Crippen LogP contribution < -0.4 is 10.6 Å². The molecule has 0 bridgehead atoms. The summed E-state index contributed by atoms with van der Waals surface area (Å²) in [6.07, 6.45) is 4.52. The number of amides is 1. The van der Waals surface area contributed by atoms with E-state index in [1.54, 1.807) is 12.3 Å². The smallest absolute Gasteiger partial charge is 0.356 e. The molecule has 182 valence electrons. The molecule has 0 atom stereocenters. The van der Waals surface area contributed by atoms with E-state index in [4.69, 9.17) is 9.15 Å². The summed E-state index contributed by atoms with van der Waals surface area (Å²) >= 11 is 0. The van der Waals surface area contributed by atoms with Crippen LogP contribution in [0.5, 0.6) is 0 Å². The van der Waals surface area contributed by atoms with Crippen molar-refractivity contribution in [2.24, 2.45) is 5.92 Å². The van der Waals surface area contributed by atoms with Gasteiger partial charge in [0, 0.05) is 18.5 Å². The Morgan fingerprint density at radius 1 is 1.17 bits per heavy atom. The Morgan fingerprint density at radius 3 is 2.63 bits per heavy atom. The second-order valence-electron chi connectivity index (χ2n) is 9.06. The SMILES string of the molecule is COC(=O)c1c(NC(=O)c2ccoc2)c2cc(NCc3ccc(C)cc3C)cnc2n1CC(C)C. The molecule has 0 aliphatic rings. The molecule has 4 rings (SSSR count). The van der Waals surface area contributed by atoms with Crippen LogP contribution in [-0.4, -0.2) is 28.5 Å². The number of hydrogen-bond donors (Lipinski definition) is 2. The summed E-state index contributed by atoms with van der Waals surface area (Å²) in [5, 5.41) is 6.96. The fourth-order valence-electron chi connectivity index (χ4n) is 4.12. The Balaban J connectivity index is 1.78. The van der Waals surface area contributed by atoms with E-state index in [1.807, 2.05) is 10.6 Å². The highest BCUT2D eigenvalue weighted by Crippen LogP contribution is 2.34. The molecule has 1 aromatic carbocycles. The Hall–Kier alpha value is -4.07. The third-order valence-electron chi connectivity index (χ3n) is 5.83. The maximum atomic E-state index is 12.9. The Morgan fingerprint density at radius 2 is 1.97 bits per heavy atom. The van der Waals surface area contributed by atoms with Crippen molar-refractivity contribution in [3.05, 3.63) is 77.0 Å². The van der Waals surface area contributed by atoms with Crippen LogP contribution in [0, 0.1) is 19.8 Å². The zero-order chi connectivity index (χ0) is 25.1. The van der Waals surface area contributed by atoms with Crippen LogP contribution in [0.15, 0.2) is 53.5 Å². The van der Waals surface area contributed by atoms with Crippen molar-refractivity contribution >= 4 is 34.3 Å². The van der Waals surface area contributed by atoms with Gasteiger partial charge in [-0.2, -0.15) is 0 Å². The number of hydrogen-bond acceptors (Lipinski definition) is 6. The van der Waals surface area contributed by atoms with Gasteiger partial charge in [-0.1, -0.05) is 37.6 Å². The molecular formula is C27H30N4O4. The molecule has 0 radical (unpaired) electrons. The number of fused-ring (bicyclic) bond motifs is 1. The van der Waals surface area contributed by atoms with Gasteiger partial charge in [-0.3, -0.25) is 4.79 Å². The van der Waals surface area contributed by atoms with Crippen molar-refractivity contribution in [1.82, 2.24) is 9.55 Å². The van der Waals surface area contributed by atoms with Crippen molar-refractivity contribution in [2.75, 3.05) is 17.7 Å². The normalized spacial score (nSPS) is 11.1. The van der Waals surface area contributed by atoms with Crippen LogP contribution in [0.2, 0.25) is 0 Å². The van der Waals surface area contributed by atoms with Crippen LogP contribution >= 0.6 is 0 Å². The molecule has 8 heteroatoms. The van der Waals surface area contributed by atoms with Gasteiger partial charge in [0.2, 0.25) is 0 Å². The summed E-state index contributed by atoms with van der Waals surface area (Å²) in [5.74, 6) is -0.701. The number of benzene rings is 1. The number of esters is 1. The van der Waals surface area contributed by atoms with Crippen molar-refractivity contribution in [3.63, 3.8) is 0 Å². The molecule has 0 saturated heterocycles. The van der Waals surface area contributed by atoms with Gasteiger partial charge < -0.3 is 24.4 Å². The molecule has 2 N–H and O–H groups in total. The van der Waals surface area contributed by atoms with Gasteiger partial charge >= 0.3 is 5.97 Å². The van der Waals surface area contributed by atoms with Gasteiger partial charge in [-0.05, 0) is 43.0 Å². The summed E-state index contributed by atoms with van der Waals surface area (Å²) in [7, 11) is 1.33. The first kappa shape index (κ1) is 24.1. The quantitative estimate of drug-likeness (QED) is 0.325.